The molecule has 130 valence electrons. The molecule has 0 unspecified atom stereocenters. The minimum Gasteiger partial charge on any atom is -0.352 e. The van der Waals surface area contributed by atoms with Crippen LogP contribution in [0.25, 0.3) is 6.08 Å². The van der Waals surface area contributed by atoms with E-state index in [0.29, 0.717) is 10.9 Å². The summed E-state index contributed by atoms with van der Waals surface area (Å²) in [5, 5.41) is 0. The lowest BCUT2D eigenvalue weighted by atomic mass is 10.1. The van der Waals surface area contributed by atoms with Crippen molar-refractivity contribution >= 4 is 40.3 Å². The zero-order valence-corrected chi connectivity index (χ0v) is 16.4. The number of rotatable bonds is 5. The number of thiocarbonyl (C=S) groups is 1. The lowest BCUT2D eigenvalue weighted by molar-refractivity contribution is -0.122. The van der Waals surface area contributed by atoms with Crippen molar-refractivity contribution < 1.29 is 4.79 Å². The van der Waals surface area contributed by atoms with Gasteiger partial charge in [-0.05, 0) is 50.0 Å². The van der Waals surface area contributed by atoms with Gasteiger partial charge in [0.05, 0.1) is 4.91 Å². The van der Waals surface area contributed by atoms with Gasteiger partial charge in [-0.2, -0.15) is 0 Å². The molecule has 0 N–H and O–H groups in total. The highest BCUT2D eigenvalue weighted by Crippen LogP contribution is 2.33. The van der Waals surface area contributed by atoms with Gasteiger partial charge in [0.15, 0.2) is 0 Å². The van der Waals surface area contributed by atoms with Crippen molar-refractivity contribution in [1.82, 2.24) is 9.47 Å². The zero-order valence-electron chi connectivity index (χ0n) is 14.8. The van der Waals surface area contributed by atoms with E-state index >= 15 is 0 Å². The monoisotopic (exact) mass is 370 g/mol. The van der Waals surface area contributed by atoms with Crippen molar-refractivity contribution in [2.24, 2.45) is 7.05 Å². The number of benzene rings is 1. The summed E-state index contributed by atoms with van der Waals surface area (Å²) in [6.45, 7) is 4.81. The van der Waals surface area contributed by atoms with Crippen LogP contribution in [0.1, 0.15) is 28.9 Å². The van der Waals surface area contributed by atoms with Crippen LogP contribution in [0.2, 0.25) is 0 Å². The van der Waals surface area contributed by atoms with E-state index in [-0.39, 0.29) is 5.91 Å². The first-order valence-corrected chi connectivity index (χ1v) is 9.62. The van der Waals surface area contributed by atoms with Gasteiger partial charge in [-0.1, -0.05) is 54.3 Å². The van der Waals surface area contributed by atoms with Gasteiger partial charge in [-0.3, -0.25) is 9.69 Å². The predicted octanol–water partition coefficient (Wildman–Crippen LogP) is 4.48. The van der Waals surface area contributed by atoms with Crippen LogP contribution in [0.15, 0.2) is 41.3 Å². The number of aryl methyl sites for hydroxylation is 2. The standard InChI is InChI=1S/C20H22N2OS2/c1-14-12-17(15(2)21(14)3)13-18-19(23)22(20(24)25-18)11-7-10-16-8-5-4-6-9-16/h4-6,8-9,12-13H,7,10-11H2,1-3H3/b18-13+. The summed E-state index contributed by atoms with van der Waals surface area (Å²) in [4.78, 5) is 15.2. The number of carbonyl (C=O) groups excluding carboxylic acids is 1. The molecule has 0 saturated carbocycles. The Balaban J connectivity index is 1.67. The van der Waals surface area contributed by atoms with Crippen molar-refractivity contribution in [3.8, 4) is 0 Å². The van der Waals surface area contributed by atoms with Crippen LogP contribution in [0.4, 0.5) is 0 Å². The van der Waals surface area contributed by atoms with Gasteiger partial charge in [-0.15, -0.1) is 0 Å². The topological polar surface area (TPSA) is 25.2 Å². The zero-order chi connectivity index (χ0) is 18.0. The third-order valence-electron chi connectivity index (χ3n) is 4.66. The minimum absolute atomic E-state index is 0.0315. The first-order chi connectivity index (χ1) is 12.0. The maximum Gasteiger partial charge on any atom is 0.266 e. The van der Waals surface area contributed by atoms with Gasteiger partial charge in [0.1, 0.15) is 4.32 Å². The summed E-state index contributed by atoms with van der Waals surface area (Å²) in [6.07, 6.45) is 3.83. The fourth-order valence-corrected chi connectivity index (χ4v) is 4.25. The van der Waals surface area contributed by atoms with E-state index in [1.54, 1.807) is 4.90 Å². The van der Waals surface area contributed by atoms with Crippen molar-refractivity contribution in [3.05, 3.63) is 63.8 Å². The van der Waals surface area contributed by atoms with E-state index in [4.69, 9.17) is 12.2 Å². The van der Waals surface area contributed by atoms with Gasteiger partial charge in [0.2, 0.25) is 0 Å². The molecular weight excluding hydrogens is 348 g/mol. The molecular formula is C20H22N2OS2. The molecule has 0 atom stereocenters. The Bertz CT molecular complexity index is 837. The molecule has 5 heteroatoms. The molecule has 0 bridgehead atoms. The lowest BCUT2D eigenvalue weighted by Crippen LogP contribution is -2.29. The second kappa shape index (κ2) is 7.58. The van der Waals surface area contributed by atoms with Crippen molar-refractivity contribution in [2.75, 3.05) is 6.54 Å². The molecule has 0 aliphatic carbocycles. The third kappa shape index (κ3) is 3.88. The average molecular weight is 371 g/mol. The highest BCUT2D eigenvalue weighted by atomic mass is 32.2. The number of hydrogen-bond donors (Lipinski definition) is 0. The van der Waals surface area contributed by atoms with Crippen LogP contribution in [0.3, 0.4) is 0 Å². The van der Waals surface area contributed by atoms with Gasteiger partial charge in [-0.25, -0.2) is 0 Å². The molecule has 1 aliphatic rings. The van der Waals surface area contributed by atoms with E-state index in [1.807, 2.05) is 31.3 Å². The van der Waals surface area contributed by atoms with Crippen LogP contribution in [-0.2, 0) is 18.3 Å². The Kier molecular flexibility index (Phi) is 5.45. The number of nitrogens with zero attached hydrogens (tertiary/aromatic N) is 2. The molecule has 1 aromatic heterocycles. The quantitative estimate of drug-likeness (QED) is 0.573. The highest BCUT2D eigenvalue weighted by Gasteiger charge is 2.31. The van der Waals surface area contributed by atoms with Gasteiger partial charge < -0.3 is 4.57 Å². The maximum absolute atomic E-state index is 12.7. The lowest BCUT2D eigenvalue weighted by Gasteiger charge is -2.14. The molecule has 1 saturated heterocycles. The Morgan fingerprint density at radius 2 is 1.92 bits per heavy atom. The Morgan fingerprint density at radius 1 is 1.20 bits per heavy atom. The van der Waals surface area contributed by atoms with Crippen LogP contribution in [-0.4, -0.2) is 26.2 Å². The summed E-state index contributed by atoms with van der Waals surface area (Å²) < 4.78 is 2.79. The van der Waals surface area contributed by atoms with Crippen molar-refractivity contribution in [3.63, 3.8) is 0 Å². The van der Waals surface area contributed by atoms with Crippen molar-refractivity contribution in [2.45, 2.75) is 26.7 Å². The molecule has 1 amide bonds. The van der Waals surface area contributed by atoms with Crippen LogP contribution < -0.4 is 0 Å². The number of thioether (sulfide) groups is 1. The first-order valence-electron chi connectivity index (χ1n) is 8.39. The van der Waals surface area contributed by atoms with Crippen LogP contribution in [0, 0.1) is 13.8 Å². The average Bonchev–Trinajstić information content (AvgIpc) is 3.00. The summed E-state index contributed by atoms with van der Waals surface area (Å²) in [6, 6.07) is 12.4. The first kappa shape index (κ1) is 18.0. The molecule has 0 radical (unpaired) electrons. The molecule has 2 heterocycles. The summed E-state index contributed by atoms with van der Waals surface area (Å²) in [5.41, 5.74) is 4.72. The maximum atomic E-state index is 12.7. The van der Waals surface area contributed by atoms with Crippen molar-refractivity contribution in [1.29, 1.82) is 0 Å². The van der Waals surface area contributed by atoms with E-state index in [2.05, 4.69) is 36.6 Å². The van der Waals surface area contributed by atoms with Gasteiger partial charge in [0, 0.05) is 25.0 Å². The Hall–Kier alpha value is -1.85. The number of hydrogen-bond acceptors (Lipinski definition) is 3. The summed E-state index contributed by atoms with van der Waals surface area (Å²) >= 11 is 6.83. The fraction of sp³-hybridized carbons (Fsp3) is 0.300. The molecule has 1 fully saturated rings. The smallest absolute Gasteiger partial charge is 0.266 e. The third-order valence-corrected chi connectivity index (χ3v) is 6.04. The second-order valence-electron chi connectivity index (χ2n) is 6.31. The second-order valence-corrected chi connectivity index (χ2v) is 7.98. The predicted molar refractivity (Wildman–Crippen MR) is 110 cm³/mol. The molecule has 2 aromatic rings. The Labute approximate surface area is 158 Å². The van der Waals surface area contributed by atoms with E-state index < -0.39 is 0 Å². The van der Waals surface area contributed by atoms with Crippen LogP contribution in [0.5, 0.6) is 0 Å². The minimum atomic E-state index is 0.0315. The van der Waals surface area contributed by atoms with E-state index in [0.717, 1.165) is 29.0 Å². The molecule has 3 nitrogen and oxygen atoms in total. The molecule has 1 aromatic carbocycles. The number of amides is 1. The Morgan fingerprint density at radius 3 is 2.56 bits per heavy atom. The van der Waals surface area contributed by atoms with Crippen LogP contribution >= 0.6 is 24.0 Å². The van der Waals surface area contributed by atoms with Gasteiger partial charge >= 0.3 is 0 Å². The van der Waals surface area contributed by atoms with E-state index in [9.17, 15) is 4.79 Å². The highest BCUT2D eigenvalue weighted by molar-refractivity contribution is 8.26. The fourth-order valence-electron chi connectivity index (χ4n) is 2.95. The number of aromatic nitrogens is 1. The SMILES string of the molecule is Cc1cc(/C=C2/SC(=S)N(CCCc3ccccc3)C2=O)c(C)n1C. The number of carbonyl (C=O) groups is 1. The normalized spacial score (nSPS) is 16.3. The molecule has 1 aliphatic heterocycles. The van der Waals surface area contributed by atoms with Gasteiger partial charge in [0.25, 0.3) is 5.91 Å². The molecule has 3 rings (SSSR count). The summed E-state index contributed by atoms with van der Waals surface area (Å²) in [5.74, 6) is 0.0315. The molecule has 0 spiro atoms. The largest absolute Gasteiger partial charge is 0.352 e. The van der Waals surface area contributed by atoms with E-state index in [1.165, 1.54) is 23.0 Å². The molecule has 25 heavy (non-hydrogen) atoms. The summed E-state index contributed by atoms with van der Waals surface area (Å²) in [7, 11) is 2.04.